The number of nitrogens with zero attached hydrogens (tertiary/aromatic N) is 4. The molecule has 116 valence electrons. The molecular formula is C14H16N4O3S. The summed E-state index contributed by atoms with van der Waals surface area (Å²) in [4.78, 5) is 29.5. The molecule has 3 rings (SSSR count). The number of piperidine rings is 1. The van der Waals surface area contributed by atoms with Crippen molar-refractivity contribution in [3.63, 3.8) is 0 Å². The van der Waals surface area contributed by atoms with Crippen LogP contribution >= 0.6 is 11.3 Å². The van der Waals surface area contributed by atoms with Gasteiger partial charge in [0.2, 0.25) is 0 Å². The second kappa shape index (κ2) is 5.88. The molecule has 1 amide bonds. The van der Waals surface area contributed by atoms with Crippen LogP contribution in [0.4, 0.5) is 0 Å². The fourth-order valence-corrected chi connectivity index (χ4v) is 3.34. The molecule has 1 fully saturated rings. The number of hydrogen-bond donors (Lipinski definition) is 1. The standard InChI is InChI=1S/C14H16N4O3S/c1-17-4-11(3-16-17)9-2-10(14(20)21)6-18(5-9)13(19)12-7-22-8-15-12/h3-4,7-10H,2,5-6H2,1H3,(H,20,21). The Morgan fingerprint density at radius 3 is 2.82 bits per heavy atom. The van der Waals surface area contributed by atoms with Gasteiger partial charge in [0, 0.05) is 37.6 Å². The number of aromatic nitrogens is 3. The smallest absolute Gasteiger partial charge is 0.308 e. The lowest BCUT2D eigenvalue weighted by Crippen LogP contribution is -2.45. The summed E-state index contributed by atoms with van der Waals surface area (Å²) < 4.78 is 1.69. The summed E-state index contributed by atoms with van der Waals surface area (Å²) in [7, 11) is 1.82. The van der Waals surface area contributed by atoms with Crippen LogP contribution in [-0.2, 0) is 11.8 Å². The van der Waals surface area contributed by atoms with Crippen LogP contribution in [0.1, 0.15) is 28.4 Å². The highest BCUT2D eigenvalue weighted by atomic mass is 32.1. The number of carbonyl (C=O) groups is 2. The molecule has 2 atom stereocenters. The molecule has 0 radical (unpaired) electrons. The van der Waals surface area contributed by atoms with Crippen LogP contribution in [0, 0.1) is 5.92 Å². The quantitative estimate of drug-likeness (QED) is 0.918. The zero-order valence-corrected chi connectivity index (χ0v) is 12.9. The number of carbonyl (C=O) groups excluding carboxylic acids is 1. The van der Waals surface area contributed by atoms with Crippen LogP contribution < -0.4 is 0 Å². The third-order valence-electron chi connectivity index (χ3n) is 3.93. The molecule has 0 bridgehead atoms. The average molecular weight is 320 g/mol. The van der Waals surface area contributed by atoms with Crippen LogP contribution in [0.15, 0.2) is 23.3 Å². The number of rotatable bonds is 3. The van der Waals surface area contributed by atoms with Gasteiger partial charge in [-0.2, -0.15) is 5.10 Å². The molecule has 1 aliphatic heterocycles. The van der Waals surface area contributed by atoms with Gasteiger partial charge in [0.05, 0.1) is 17.6 Å². The van der Waals surface area contributed by atoms with Gasteiger partial charge in [0.1, 0.15) is 5.69 Å². The third kappa shape index (κ3) is 2.87. The van der Waals surface area contributed by atoms with E-state index in [1.807, 2.05) is 13.2 Å². The SMILES string of the molecule is Cn1cc(C2CC(C(=O)O)CN(C(=O)c3cscn3)C2)cn1. The van der Waals surface area contributed by atoms with Gasteiger partial charge in [-0.05, 0) is 12.0 Å². The first kappa shape index (κ1) is 14.7. The molecule has 1 N–H and O–H groups in total. The van der Waals surface area contributed by atoms with E-state index in [1.165, 1.54) is 11.3 Å². The van der Waals surface area contributed by atoms with Crippen molar-refractivity contribution in [2.24, 2.45) is 13.0 Å². The number of likely N-dealkylation sites (tertiary alicyclic amines) is 1. The maximum absolute atomic E-state index is 12.5. The monoisotopic (exact) mass is 320 g/mol. The van der Waals surface area contributed by atoms with Crippen molar-refractivity contribution in [3.8, 4) is 0 Å². The van der Waals surface area contributed by atoms with Gasteiger partial charge < -0.3 is 10.0 Å². The minimum atomic E-state index is -0.871. The summed E-state index contributed by atoms with van der Waals surface area (Å²) in [5, 5.41) is 15.2. The number of carboxylic acids is 1. The topological polar surface area (TPSA) is 88.3 Å². The second-order valence-corrected chi connectivity index (χ2v) is 6.22. The summed E-state index contributed by atoms with van der Waals surface area (Å²) in [5.74, 6) is -1.67. The minimum Gasteiger partial charge on any atom is -0.481 e. The number of hydrogen-bond acceptors (Lipinski definition) is 5. The van der Waals surface area contributed by atoms with Crippen molar-refractivity contribution in [1.82, 2.24) is 19.7 Å². The van der Waals surface area contributed by atoms with Gasteiger partial charge in [-0.25, -0.2) is 4.98 Å². The van der Waals surface area contributed by atoms with E-state index in [4.69, 9.17) is 0 Å². The van der Waals surface area contributed by atoms with E-state index in [2.05, 4.69) is 10.1 Å². The number of amides is 1. The molecule has 1 saturated heterocycles. The molecule has 22 heavy (non-hydrogen) atoms. The van der Waals surface area contributed by atoms with Crippen LogP contribution in [0.2, 0.25) is 0 Å². The normalized spacial score (nSPS) is 21.8. The predicted molar refractivity (Wildman–Crippen MR) is 79.7 cm³/mol. The summed E-state index contributed by atoms with van der Waals surface area (Å²) >= 11 is 1.35. The molecule has 0 aliphatic carbocycles. The zero-order valence-electron chi connectivity index (χ0n) is 12.0. The highest BCUT2D eigenvalue weighted by molar-refractivity contribution is 7.07. The van der Waals surface area contributed by atoms with Crippen LogP contribution in [0.5, 0.6) is 0 Å². The maximum atomic E-state index is 12.5. The first-order chi connectivity index (χ1) is 10.5. The number of aryl methyl sites for hydroxylation is 1. The lowest BCUT2D eigenvalue weighted by atomic mass is 9.85. The Bertz CT molecular complexity index is 682. The summed E-state index contributed by atoms with van der Waals surface area (Å²) in [6, 6.07) is 0. The molecule has 2 aromatic heterocycles. The van der Waals surface area contributed by atoms with Crippen LogP contribution in [-0.4, -0.2) is 49.7 Å². The van der Waals surface area contributed by atoms with Crippen molar-refractivity contribution < 1.29 is 14.7 Å². The fourth-order valence-electron chi connectivity index (χ4n) is 2.82. The van der Waals surface area contributed by atoms with E-state index < -0.39 is 11.9 Å². The number of carboxylic acid groups (broad SMARTS) is 1. The molecule has 0 aromatic carbocycles. The largest absolute Gasteiger partial charge is 0.481 e. The highest BCUT2D eigenvalue weighted by Gasteiger charge is 2.35. The Labute approximate surface area is 131 Å². The minimum absolute atomic E-state index is 0.0221. The molecule has 7 nitrogen and oxygen atoms in total. The Morgan fingerprint density at radius 2 is 2.23 bits per heavy atom. The van der Waals surface area contributed by atoms with E-state index in [-0.39, 0.29) is 18.4 Å². The maximum Gasteiger partial charge on any atom is 0.308 e. The fraction of sp³-hybridized carbons (Fsp3) is 0.429. The van der Waals surface area contributed by atoms with Gasteiger partial charge in [-0.15, -0.1) is 11.3 Å². The zero-order chi connectivity index (χ0) is 15.7. The van der Waals surface area contributed by atoms with Crippen LogP contribution in [0.25, 0.3) is 0 Å². The van der Waals surface area contributed by atoms with E-state index in [1.54, 1.807) is 26.7 Å². The van der Waals surface area contributed by atoms with Crippen molar-refractivity contribution in [1.29, 1.82) is 0 Å². The van der Waals surface area contributed by atoms with Crippen molar-refractivity contribution >= 4 is 23.2 Å². The molecule has 8 heteroatoms. The van der Waals surface area contributed by atoms with E-state index >= 15 is 0 Å². The lowest BCUT2D eigenvalue weighted by Gasteiger charge is -2.35. The highest BCUT2D eigenvalue weighted by Crippen LogP contribution is 2.31. The molecule has 3 heterocycles. The van der Waals surface area contributed by atoms with Crippen molar-refractivity contribution in [2.75, 3.05) is 13.1 Å². The van der Waals surface area contributed by atoms with Gasteiger partial charge >= 0.3 is 5.97 Å². The average Bonchev–Trinajstić information content (AvgIpc) is 3.17. The Balaban J connectivity index is 1.84. The Morgan fingerprint density at radius 1 is 1.41 bits per heavy atom. The predicted octanol–water partition coefficient (Wildman–Crippen LogP) is 1.21. The van der Waals surface area contributed by atoms with Gasteiger partial charge in [0.15, 0.2) is 0 Å². The Hall–Kier alpha value is -2.22. The molecule has 0 spiro atoms. The molecular weight excluding hydrogens is 304 g/mol. The second-order valence-electron chi connectivity index (χ2n) is 5.50. The lowest BCUT2D eigenvalue weighted by molar-refractivity contribution is -0.143. The van der Waals surface area contributed by atoms with Crippen LogP contribution in [0.3, 0.4) is 0 Å². The summed E-state index contributed by atoms with van der Waals surface area (Å²) in [6.07, 6.45) is 4.13. The molecule has 0 saturated carbocycles. The number of thiazole rings is 1. The van der Waals surface area contributed by atoms with Crippen molar-refractivity contribution in [2.45, 2.75) is 12.3 Å². The van der Waals surface area contributed by atoms with Gasteiger partial charge in [0.25, 0.3) is 5.91 Å². The number of aliphatic carboxylic acids is 1. The van der Waals surface area contributed by atoms with Gasteiger partial charge in [-0.1, -0.05) is 0 Å². The van der Waals surface area contributed by atoms with E-state index in [9.17, 15) is 14.7 Å². The molecule has 2 aromatic rings. The molecule has 2 unspecified atom stereocenters. The van der Waals surface area contributed by atoms with E-state index in [0.29, 0.717) is 18.7 Å². The Kier molecular flexibility index (Phi) is 3.93. The first-order valence-corrected chi connectivity index (χ1v) is 7.87. The van der Waals surface area contributed by atoms with Crippen molar-refractivity contribution in [3.05, 3.63) is 34.5 Å². The summed E-state index contributed by atoms with van der Waals surface area (Å²) in [6.45, 7) is 0.717. The van der Waals surface area contributed by atoms with Gasteiger partial charge in [-0.3, -0.25) is 14.3 Å². The third-order valence-corrected chi connectivity index (χ3v) is 4.52. The molecule has 1 aliphatic rings. The summed E-state index contributed by atoms with van der Waals surface area (Å²) in [5.41, 5.74) is 2.94. The van der Waals surface area contributed by atoms with E-state index in [0.717, 1.165) is 5.56 Å². The first-order valence-electron chi connectivity index (χ1n) is 6.93.